The van der Waals surface area contributed by atoms with Gasteiger partial charge in [-0.05, 0) is 63.2 Å². The van der Waals surface area contributed by atoms with Crippen molar-refractivity contribution in [2.45, 2.75) is 26.4 Å². The average Bonchev–Trinajstić information content (AvgIpc) is 3.03. The Kier molecular flexibility index (Phi) is 10.0. The van der Waals surface area contributed by atoms with Crippen molar-refractivity contribution in [3.05, 3.63) is 100 Å². The molecular weight excluding hydrogens is 624 g/mol. The van der Waals surface area contributed by atoms with Crippen LogP contribution >= 0.6 is 0 Å². The van der Waals surface area contributed by atoms with Gasteiger partial charge in [-0.3, -0.25) is 14.5 Å². The number of hydrogen-bond acceptors (Lipinski definition) is 9. The number of nitrogens with zero attached hydrogens (tertiary/aromatic N) is 5. The first-order valence-corrected chi connectivity index (χ1v) is 14.9. The molecule has 2 aromatic heterocycles. The highest BCUT2D eigenvalue weighted by molar-refractivity contribution is 6.04. The zero-order valence-corrected chi connectivity index (χ0v) is 26.5. The molecule has 0 bridgehead atoms. The van der Waals surface area contributed by atoms with Gasteiger partial charge in [-0.1, -0.05) is 11.8 Å². The van der Waals surface area contributed by atoms with E-state index in [0.29, 0.717) is 32.7 Å². The molecule has 12 nitrogen and oxygen atoms in total. The first-order valence-electron chi connectivity index (χ1n) is 14.9. The number of amides is 2. The van der Waals surface area contributed by atoms with Crippen molar-refractivity contribution in [1.29, 1.82) is 0 Å². The monoisotopic (exact) mass is 657 g/mol. The SMILES string of the molecule is CC(C)(C)OC(=O)N1CCN(CC#Cc2c(Oc3ccc(NC(=O)c4ccnn(-c5ccc(F)cc5)c4=O)cc3F)ccnc2N)CC1. The Balaban J connectivity index is 1.23. The van der Waals surface area contributed by atoms with Crippen LogP contribution < -0.4 is 21.3 Å². The van der Waals surface area contributed by atoms with Crippen LogP contribution in [0.1, 0.15) is 36.7 Å². The molecule has 3 N–H and O–H groups in total. The third-order valence-electron chi connectivity index (χ3n) is 7.05. The van der Waals surface area contributed by atoms with Crippen LogP contribution in [0.25, 0.3) is 5.69 Å². The number of ether oxygens (including phenoxy) is 2. The average molecular weight is 658 g/mol. The van der Waals surface area contributed by atoms with Gasteiger partial charge in [0, 0.05) is 56.4 Å². The van der Waals surface area contributed by atoms with Crippen molar-refractivity contribution < 1.29 is 27.8 Å². The molecule has 5 rings (SSSR count). The van der Waals surface area contributed by atoms with Crippen LogP contribution in [-0.4, -0.2) is 74.9 Å². The second kappa shape index (κ2) is 14.3. The van der Waals surface area contributed by atoms with E-state index in [0.717, 1.165) is 22.9 Å². The molecule has 248 valence electrons. The molecule has 3 heterocycles. The number of piperazine rings is 1. The van der Waals surface area contributed by atoms with E-state index in [1.807, 2.05) is 20.8 Å². The Labute approximate surface area is 275 Å². The fourth-order valence-electron chi connectivity index (χ4n) is 4.65. The Morgan fingerprint density at radius 3 is 2.40 bits per heavy atom. The number of hydrogen-bond donors (Lipinski definition) is 2. The van der Waals surface area contributed by atoms with Gasteiger partial charge in [-0.25, -0.2) is 18.6 Å². The predicted molar refractivity (Wildman–Crippen MR) is 174 cm³/mol. The van der Waals surface area contributed by atoms with E-state index >= 15 is 4.39 Å². The molecule has 1 aliphatic heterocycles. The van der Waals surface area contributed by atoms with Crippen LogP contribution in [0.15, 0.2) is 71.8 Å². The summed E-state index contributed by atoms with van der Waals surface area (Å²) in [6, 6.07) is 11.5. The highest BCUT2D eigenvalue weighted by Crippen LogP contribution is 2.30. The van der Waals surface area contributed by atoms with Crippen LogP contribution in [0, 0.1) is 23.5 Å². The van der Waals surface area contributed by atoms with E-state index in [2.05, 4.69) is 32.1 Å². The summed E-state index contributed by atoms with van der Waals surface area (Å²) in [6.45, 7) is 8.10. The topological polar surface area (TPSA) is 145 Å². The van der Waals surface area contributed by atoms with Crippen molar-refractivity contribution in [2.75, 3.05) is 43.8 Å². The Morgan fingerprint density at radius 2 is 1.71 bits per heavy atom. The molecule has 2 amide bonds. The van der Waals surface area contributed by atoms with Crippen molar-refractivity contribution in [1.82, 2.24) is 24.6 Å². The zero-order valence-electron chi connectivity index (χ0n) is 26.5. The summed E-state index contributed by atoms with van der Waals surface area (Å²) in [5.74, 6) is 4.05. The van der Waals surface area contributed by atoms with Crippen LogP contribution in [0.3, 0.4) is 0 Å². The van der Waals surface area contributed by atoms with Gasteiger partial charge >= 0.3 is 6.09 Å². The lowest BCUT2D eigenvalue weighted by atomic mass is 10.2. The van der Waals surface area contributed by atoms with Crippen molar-refractivity contribution in [2.24, 2.45) is 0 Å². The minimum Gasteiger partial charge on any atom is -0.453 e. The number of pyridine rings is 1. The van der Waals surface area contributed by atoms with Gasteiger partial charge in [0.2, 0.25) is 0 Å². The third-order valence-corrected chi connectivity index (χ3v) is 7.05. The van der Waals surface area contributed by atoms with Crippen molar-refractivity contribution >= 4 is 23.5 Å². The smallest absolute Gasteiger partial charge is 0.410 e. The Bertz CT molecular complexity index is 1940. The first-order chi connectivity index (χ1) is 22.9. The lowest BCUT2D eigenvalue weighted by Crippen LogP contribution is -2.50. The fraction of sp³-hybridized carbons (Fsp3) is 0.265. The number of benzene rings is 2. The van der Waals surface area contributed by atoms with E-state index in [1.165, 1.54) is 48.8 Å². The van der Waals surface area contributed by atoms with Gasteiger partial charge in [0.05, 0.1) is 12.2 Å². The van der Waals surface area contributed by atoms with Gasteiger partial charge < -0.3 is 25.4 Å². The molecule has 4 aromatic rings. The van der Waals surface area contributed by atoms with Gasteiger partial charge in [-0.15, -0.1) is 0 Å². The number of nitrogen functional groups attached to an aromatic ring is 1. The highest BCUT2D eigenvalue weighted by atomic mass is 19.1. The molecule has 1 saturated heterocycles. The van der Waals surface area contributed by atoms with Crippen LogP contribution in [-0.2, 0) is 4.74 Å². The summed E-state index contributed by atoms with van der Waals surface area (Å²) < 4.78 is 40.7. The van der Waals surface area contributed by atoms with E-state index in [9.17, 15) is 18.8 Å². The normalized spacial score (nSPS) is 13.3. The fourth-order valence-corrected chi connectivity index (χ4v) is 4.65. The number of halogens is 2. The second-order valence-electron chi connectivity index (χ2n) is 11.8. The van der Waals surface area contributed by atoms with Gasteiger partial charge in [0.15, 0.2) is 11.6 Å². The maximum atomic E-state index is 15.2. The second-order valence-corrected chi connectivity index (χ2v) is 11.8. The predicted octanol–water partition coefficient (Wildman–Crippen LogP) is 4.44. The Hall–Kier alpha value is -5.81. The zero-order chi connectivity index (χ0) is 34.4. The van der Waals surface area contributed by atoms with Crippen molar-refractivity contribution in [3.63, 3.8) is 0 Å². The van der Waals surface area contributed by atoms with Gasteiger partial charge in [-0.2, -0.15) is 9.78 Å². The minimum absolute atomic E-state index is 0.0652. The number of aromatic nitrogens is 3. The molecule has 0 aliphatic carbocycles. The van der Waals surface area contributed by atoms with E-state index < -0.39 is 28.7 Å². The Morgan fingerprint density at radius 1 is 0.979 bits per heavy atom. The molecule has 0 radical (unpaired) electrons. The molecule has 48 heavy (non-hydrogen) atoms. The molecule has 0 atom stereocenters. The molecule has 1 aliphatic rings. The molecule has 1 fully saturated rings. The summed E-state index contributed by atoms with van der Waals surface area (Å²) in [7, 11) is 0. The standard InChI is InChI=1S/C34H33F2N7O5/c1-34(2,3)48-33(46)42-19-17-41(18-20-42)16-4-5-25-28(13-14-38-30(25)37)47-29-11-8-23(21-27(29)36)40-31(44)26-12-15-39-43(32(26)45)24-9-6-22(35)7-10-24/h6-15,21H,16-20H2,1-3H3,(H2,37,38)(H,40,44). The molecule has 2 aromatic carbocycles. The summed E-state index contributed by atoms with van der Waals surface area (Å²) in [5, 5.41) is 6.45. The lowest BCUT2D eigenvalue weighted by molar-refractivity contribution is 0.0155. The van der Waals surface area contributed by atoms with Gasteiger partial charge in [0.25, 0.3) is 11.5 Å². The lowest BCUT2D eigenvalue weighted by Gasteiger charge is -2.34. The number of anilines is 2. The summed E-state index contributed by atoms with van der Waals surface area (Å²) in [6.07, 6.45) is 2.32. The summed E-state index contributed by atoms with van der Waals surface area (Å²) >= 11 is 0. The highest BCUT2D eigenvalue weighted by Gasteiger charge is 2.25. The number of rotatable bonds is 6. The molecule has 0 unspecified atom stereocenters. The first kappa shape index (κ1) is 33.6. The molecule has 0 spiro atoms. The van der Waals surface area contributed by atoms with E-state index in [4.69, 9.17) is 15.2 Å². The molecule has 0 saturated carbocycles. The van der Waals surface area contributed by atoms with Crippen LogP contribution in [0.4, 0.5) is 25.1 Å². The number of nitrogens with two attached hydrogens (primary N) is 1. The van der Waals surface area contributed by atoms with Crippen LogP contribution in [0.5, 0.6) is 11.5 Å². The quantitative estimate of drug-likeness (QED) is 0.288. The third kappa shape index (κ3) is 8.31. The maximum absolute atomic E-state index is 15.2. The van der Waals surface area contributed by atoms with Crippen LogP contribution in [0.2, 0.25) is 0 Å². The van der Waals surface area contributed by atoms with Gasteiger partial charge in [0.1, 0.15) is 34.1 Å². The number of carbonyl (C=O) groups is 2. The van der Waals surface area contributed by atoms with E-state index in [1.54, 1.807) is 4.90 Å². The maximum Gasteiger partial charge on any atom is 0.410 e. The summed E-state index contributed by atoms with van der Waals surface area (Å²) in [4.78, 5) is 46.0. The molecular formula is C34H33F2N7O5. The molecule has 14 heteroatoms. The number of nitrogens with one attached hydrogen (secondary N) is 1. The number of carbonyl (C=O) groups excluding carboxylic acids is 2. The largest absolute Gasteiger partial charge is 0.453 e. The summed E-state index contributed by atoms with van der Waals surface area (Å²) in [5.41, 5.74) is 5.13. The minimum atomic E-state index is -0.802. The van der Waals surface area contributed by atoms with Crippen molar-refractivity contribution in [3.8, 4) is 29.0 Å². The van der Waals surface area contributed by atoms with E-state index in [-0.39, 0.29) is 45.9 Å².